The van der Waals surface area contributed by atoms with Gasteiger partial charge in [0.1, 0.15) is 28.2 Å². The average molecular weight is 916 g/mol. The molecule has 0 radical (unpaired) electrons. The summed E-state index contributed by atoms with van der Waals surface area (Å²) >= 11 is 0. The molecule has 2 aliphatic rings. The van der Waals surface area contributed by atoms with Gasteiger partial charge in [-0.3, -0.25) is 0 Å². The second-order valence-electron chi connectivity index (χ2n) is 13.3. The summed E-state index contributed by atoms with van der Waals surface area (Å²) in [5, 5.41) is 0. The summed E-state index contributed by atoms with van der Waals surface area (Å²) in [5.74, 6) is 0. The Morgan fingerprint density at radius 3 is 0.776 bits per heavy atom. The number of hydrogen-bond acceptors (Lipinski definition) is 2. The van der Waals surface area contributed by atoms with Crippen LogP contribution in [0.4, 0.5) is 0 Å². The van der Waals surface area contributed by atoms with Gasteiger partial charge in [-0.25, -0.2) is 28.2 Å². The first-order valence-corrected chi connectivity index (χ1v) is 17.4. The molecule has 14 heteroatoms. The van der Waals surface area contributed by atoms with Gasteiger partial charge in [-0.2, -0.15) is 0 Å². The maximum Gasteiger partial charge on any atom is 3.00 e. The molecule has 0 saturated carbocycles. The summed E-state index contributed by atoms with van der Waals surface area (Å²) in [6.07, 6.45) is 16.9. The molecule has 294 valence electrons. The van der Waals surface area contributed by atoms with Gasteiger partial charge in [0.15, 0.2) is 24.8 Å². The number of aromatic amines is 2. The van der Waals surface area contributed by atoms with Crippen LogP contribution in [-0.4, -0.2) is 19.9 Å². The minimum atomic E-state index is 0. The molecule has 58 heavy (non-hydrogen) atoms. The van der Waals surface area contributed by atoms with Gasteiger partial charge in [0.2, 0.25) is 22.8 Å². The van der Waals surface area contributed by atoms with E-state index in [4.69, 9.17) is 9.97 Å². The maximum atomic E-state index is 5.42. The van der Waals surface area contributed by atoms with Crippen LogP contribution >= 0.6 is 62.0 Å². The zero-order valence-corrected chi connectivity index (χ0v) is 37.2. The monoisotopic (exact) mass is 913 g/mol. The Morgan fingerprint density at radius 2 is 0.569 bits per heavy atom. The molecule has 0 aliphatic carbocycles. The van der Waals surface area contributed by atoms with Crippen molar-refractivity contribution in [2.24, 2.45) is 28.2 Å². The standard InChI is InChI=1S/C44H37N8.5ClH.Mn/c1-49-25-9-5-13-37(49)41-29-17-19-31(45-29)42(38-14-6-10-26-50(38)2)33-21-23-35(47-33)44(40-16-8-12-28-52(40)4)36-24-22-34(48-36)43(32-20-18-30(41)46-32)39-15-7-11-27-51(39)3;;;;;;/h5-28H,1-4H3,(H,45,46,47,48);5*1H;/q+3;;;;;;+3/p+1. The molecule has 0 unspecified atom stereocenters. The molecule has 0 fully saturated rings. The van der Waals surface area contributed by atoms with Crippen molar-refractivity contribution in [1.29, 1.82) is 0 Å². The van der Waals surface area contributed by atoms with Gasteiger partial charge in [0.25, 0.3) is 0 Å². The number of rotatable bonds is 4. The Hall–Kier alpha value is -4.83. The molecule has 2 N–H and O–H groups in total. The van der Waals surface area contributed by atoms with Gasteiger partial charge < -0.3 is 9.97 Å². The van der Waals surface area contributed by atoms with Crippen molar-refractivity contribution in [3.05, 3.63) is 145 Å². The maximum absolute atomic E-state index is 5.42. The summed E-state index contributed by atoms with van der Waals surface area (Å²) in [6, 6.07) is 33.8. The Balaban J connectivity index is 0.00000150. The van der Waals surface area contributed by atoms with Gasteiger partial charge in [-0.1, -0.05) is 0 Å². The molecule has 0 spiro atoms. The Bertz CT molecular complexity index is 2460. The molecule has 2 aliphatic heterocycles. The predicted octanol–water partition coefficient (Wildman–Crippen LogP) is 8.73. The van der Waals surface area contributed by atoms with Crippen LogP contribution in [0.5, 0.6) is 0 Å². The van der Waals surface area contributed by atoms with Gasteiger partial charge in [0.05, 0.1) is 67.1 Å². The second kappa shape index (κ2) is 19.7. The van der Waals surface area contributed by atoms with Crippen molar-refractivity contribution in [2.75, 3.05) is 0 Å². The Kier molecular flexibility index (Phi) is 16.2. The Labute approximate surface area is 379 Å². The van der Waals surface area contributed by atoms with Gasteiger partial charge in [0, 0.05) is 48.5 Å². The molecule has 7 aromatic rings. The molecule has 8 nitrogen and oxygen atoms in total. The van der Waals surface area contributed by atoms with Crippen LogP contribution < -0.4 is 18.3 Å². The molecular formula is C44H43Cl5MnN8+7. The largest absolute Gasteiger partial charge is 3.00 e. The normalized spacial score (nSPS) is 10.8. The first-order chi connectivity index (χ1) is 25.4. The third kappa shape index (κ3) is 8.49. The van der Waals surface area contributed by atoms with Crippen molar-refractivity contribution in [1.82, 2.24) is 19.9 Å². The van der Waals surface area contributed by atoms with Crippen LogP contribution in [0.15, 0.2) is 122 Å². The summed E-state index contributed by atoms with van der Waals surface area (Å²) in [5.41, 5.74) is 15.6. The summed E-state index contributed by atoms with van der Waals surface area (Å²) in [4.78, 5) is 18.5. The number of halogens is 5. The smallest absolute Gasteiger partial charge is 0.354 e. The number of hydrogen-bond donors (Lipinski definition) is 2. The van der Waals surface area contributed by atoms with Crippen molar-refractivity contribution >= 4 is 108 Å². The van der Waals surface area contributed by atoms with E-state index in [-0.39, 0.29) is 79.1 Å². The van der Waals surface area contributed by atoms with E-state index in [0.717, 1.165) is 89.9 Å². The van der Waals surface area contributed by atoms with Crippen molar-refractivity contribution in [2.45, 2.75) is 0 Å². The number of pyridine rings is 4. The van der Waals surface area contributed by atoms with E-state index in [1.54, 1.807) is 0 Å². The van der Waals surface area contributed by atoms with E-state index in [1.807, 2.05) is 24.3 Å². The van der Waals surface area contributed by atoms with Crippen LogP contribution in [0.1, 0.15) is 22.8 Å². The van der Waals surface area contributed by atoms with E-state index in [1.165, 1.54) is 0 Å². The van der Waals surface area contributed by atoms with Crippen molar-refractivity contribution in [3.8, 4) is 45.0 Å². The van der Waals surface area contributed by atoms with Crippen LogP contribution in [0.2, 0.25) is 0 Å². The molecule has 0 aromatic carbocycles. The van der Waals surface area contributed by atoms with Crippen LogP contribution in [0.25, 0.3) is 91.4 Å². The molecule has 7 aromatic heterocycles. The minimum Gasteiger partial charge on any atom is -0.354 e. The third-order valence-electron chi connectivity index (χ3n) is 10.00. The molecule has 8 bridgehead atoms. The second-order valence-corrected chi connectivity index (χ2v) is 13.3. The van der Waals surface area contributed by atoms with Crippen LogP contribution in [0.3, 0.4) is 0 Å². The first-order valence-electron chi connectivity index (χ1n) is 17.4. The summed E-state index contributed by atoms with van der Waals surface area (Å²) in [7, 11) is 8.31. The molecule has 0 atom stereocenters. The zero-order chi connectivity index (χ0) is 35.3. The quantitative estimate of drug-likeness (QED) is 0.137. The first kappa shape index (κ1) is 47.5. The number of nitrogens with zero attached hydrogens (tertiary/aromatic N) is 6. The van der Waals surface area contributed by atoms with Crippen molar-refractivity contribution < 1.29 is 35.3 Å². The number of aryl methyl sites for hydroxylation is 4. The predicted molar refractivity (Wildman–Crippen MR) is 242 cm³/mol. The topological polar surface area (TPSA) is 72.9 Å². The van der Waals surface area contributed by atoms with Gasteiger partial charge >= 0.3 is 17.1 Å². The molecular weight excluding hydrogens is 873 g/mol. The Morgan fingerprint density at radius 1 is 0.345 bits per heavy atom. The van der Waals surface area contributed by atoms with Crippen LogP contribution in [-0.2, 0) is 45.3 Å². The van der Waals surface area contributed by atoms with Crippen LogP contribution in [0, 0.1) is 0 Å². The van der Waals surface area contributed by atoms with Gasteiger partial charge in [-0.05, 0) is 72.8 Å². The van der Waals surface area contributed by atoms with E-state index < -0.39 is 0 Å². The molecule has 9 heterocycles. The number of H-pyrrole nitrogens is 2. The van der Waals surface area contributed by atoms with E-state index in [2.05, 4.69) is 178 Å². The summed E-state index contributed by atoms with van der Waals surface area (Å²) in [6.45, 7) is 0. The average Bonchev–Trinajstić information content (AvgIpc) is 3.99. The zero-order valence-electron chi connectivity index (χ0n) is 32.0. The number of aromatic nitrogens is 8. The third-order valence-corrected chi connectivity index (χ3v) is 10.00. The number of fused-ring (bicyclic) bond motifs is 8. The fraction of sp³-hybridized carbons (Fsp3) is 0.0909. The molecule has 0 saturated heterocycles. The molecule has 0 amide bonds. The van der Waals surface area contributed by atoms with E-state index >= 15 is 0 Å². The SMILES string of the molecule is C[n+]1ccccc1-c1c2nc(c(-c3cccc[n+]3C)c3ccc([nH]3)c(-c3cccc[n+]3C)c3nc(c(-c4cccc[n+]4C)c4ccc1[nH]4)C=C3)C=C2.Cl.Cl.Cl.Cl.Cl.[Mn+3]. The fourth-order valence-corrected chi connectivity index (χ4v) is 7.42. The summed E-state index contributed by atoms with van der Waals surface area (Å²) < 4.78 is 8.59. The van der Waals surface area contributed by atoms with Gasteiger partial charge in [-0.15, -0.1) is 62.0 Å². The molecule has 9 rings (SSSR count). The fourth-order valence-electron chi connectivity index (χ4n) is 7.42. The van der Waals surface area contributed by atoms with E-state index in [0.29, 0.717) is 0 Å². The van der Waals surface area contributed by atoms with E-state index in [9.17, 15) is 0 Å². The van der Waals surface area contributed by atoms with Crippen molar-refractivity contribution in [3.63, 3.8) is 0 Å². The minimum absolute atomic E-state index is 0. The number of nitrogens with one attached hydrogen (secondary N) is 2.